The smallest absolute Gasteiger partial charge is 0.665 e. The molecule has 0 bridgehead atoms. The van der Waals surface area contributed by atoms with Crippen LogP contribution < -0.4 is 9.47 Å². The zero-order valence-electron chi connectivity index (χ0n) is 15.9. The van der Waals surface area contributed by atoms with E-state index in [1.807, 2.05) is 0 Å². The Kier molecular flexibility index (Phi) is 7.08. The second kappa shape index (κ2) is 8.02. The zero-order chi connectivity index (χ0) is 17.4. The van der Waals surface area contributed by atoms with Gasteiger partial charge >= 0.3 is 32.7 Å². The van der Waals surface area contributed by atoms with E-state index in [0.29, 0.717) is 0 Å². The maximum atomic E-state index is 5.49. The van der Waals surface area contributed by atoms with Crippen LogP contribution in [0.1, 0.15) is 47.2 Å². The molecule has 2 rings (SSSR count). The fourth-order valence-electron chi connectivity index (χ4n) is 3.34. The van der Waals surface area contributed by atoms with Crippen LogP contribution in [0.4, 0.5) is 0 Å². The molecule has 0 N–H and O–H groups in total. The van der Waals surface area contributed by atoms with Gasteiger partial charge in [0.25, 0.3) is 0 Å². The maximum Gasteiger partial charge on any atom is 3.00 e. The normalized spacial score (nSPS) is 11.0. The number of methoxy groups -OCH3 is 1. The predicted molar refractivity (Wildman–Crippen MR) is 96.5 cm³/mol. The predicted octanol–water partition coefficient (Wildman–Crippen LogP) is 5.42. The summed E-state index contributed by atoms with van der Waals surface area (Å²) in [6, 6.07) is 8.84. The molecular weight excluding hydrogens is 373 g/mol. The van der Waals surface area contributed by atoms with Crippen LogP contribution in [0.5, 0.6) is 11.5 Å². The van der Waals surface area contributed by atoms with Crippen LogP contribution in [0.25, 0.3) is 0 Å². The van der Waals surface area contributed by atoms with E-state index in [-0.39, 0.29) is 38.1 Å². The molecule has 0 atom stereocenters. The molecule has 0 spiro atoms. The van der Waals surface area contributed by atoms with Crippen LogP contribution in [0.15, 0.2) is 24.3 Å². The second-order valence-electron chi connectivity index (χ2n) is 6.85. The van der Waals surface area contributed by atoms with Gasteiger partial charge in [0.1, 0.15) is 5.75 Å². The van der Waals surface area contributed by atoms with Gasteiger partial charge in [-0.3, -0.25) is 0 Å². The largest absolute Gasteiger partial charge is 3.00 e. The maximum absolute atomic E-state index is 5.49. The first-order chi connectivity index (χ1) is 10.7. The number of ether oxygens (including phenoxy) is 2. The molecule has 0 saturated carbocycles. The minimum absolute atomic E-state index is 0. The molecule has 2 aromatic rings. The molecular formula is C21H27O2Y+2. The Morgan fingerprint density at radius 2 is 1.08 bits per heavy atom. The van der Waals surface area contributed by atoms with Gasteiger partial charge in [0.15, 0.2) is 0 Å². The average molecular weight is 400 g/mol. The van der Waals surface area contributed by atoms with Gasteiger partial charge < -0.3 is 9.47 Å². The second-order valence-corrected chi connectivity index (χ2v) is 6.85. The van der Waals surface area contributed by atoms with Crippen LogP contribution in [0, 0.1) is 34.8 Å². The van der Waals surface area contributed by atoms with Crippen molar-refractivity contribution in [2.75, 3.05) is 7.11 Å². The Hall–Kier alpha value is -0.856. The first-order valence-corrected chi connectivity index (χ1v) is 7.91. The van der Waals surface area contributed by atoms with Crippen molar-refractivity contribution in [1.29, 1.82) is 0 Å². The summed E-state index contributed by atoms with van der Waals surface area (Å²) >= 11 is 0. The summed E-state index contributed by atoms with van der Waals surface area (Å²) < 4.78 is 10.7. The van der Waals surface area contributed by atoms with E-state index in [1.165, 1.54) is 22.3 Å². The van der Waals surface area contributed by atoms with Crippen molar-refractivity contribution >= 4 is 0 Å². The van der Waals surface area contributed by atoms with Gasteiger partial charge in [0.05, 0.1) is 12.9 Å². The first kappa shape index (κ1) is 21.2. The van der Waals surface area contributed by atoms with Crippen molar-refractivity contribution in [2.45, 2.75) is 47.0 Å². The third-order valence-corrected chi connectivity index (χ3v) is 4.71. The molecule has 3 heteroatoms. The summed E-state index contributed by atoms with van der Waals surface area (Å²) in [5, 5.41) is 0. The van der Waals surface area contributed by atoms with Crippen LogP contribution in [0.3, 0.4) is 0 Å². The van der Waals surface area contributed by atoms with E-state index in [4.69, 9.17) is 9.47 Å². The van der Waals surface area contributed by atoms with Gasteiger partial charge in [0.2, 0.25) is 0 Å². The van der Waals surface area contributed by atoms with E-state index in [1.54, 1.807) is 7.11 Å². The Morgan fingerprint density at radius 1 is 0.750 bits per heavy atom. The van der Waals surface area contributed by atoms with Crippen LogP contribution in [-0.2, 0) is 38.1 Å². The van der Waals surface area contributed by atoms with Gasteiger partial charge in [-0.25, -0.2) is 0 Å². The molecule has 124 valence electrons. The third kappa shape index (κ3) is 3.86. The van der Waals surface area contributed by atoms with Crippen molar-refractivity contribution in [3.8, 4) is 11.5 Å². The van der Waals surface area contributed by atoms with Gasteiger partial charge in [-0.2, -0.15) is 7.11 Å². The molecule has 24 heavy (non-hydrogen) atoms. The molecule has 0 fully saturated rings. The molecule has 2 aromatic carbocycles. The molecule has 0 amide bonds. The fourth-order valence-corrected chi connectivity index (χ4v) is 3.34. The number of rotatable bonds is 4. The summed E-state index contributed by atoms with van der Waals surface area (Å²) in [5.41, 5.74) is 7.03. The zero-order valence-corrected chi connectivity index (χ0v) is 18.7. The summed E-state index contributed by atoms with van der Waals surface area (Å²) in [6.07, 6.45) is 0. The van der Waals surface area contributed by atoms with Gasteiger partial charge in [-0.1, -0.05) is 38.1 Å². The number of aryl methyl sites for hydroxylation is 4. The summed E-state index contributed by atoms with van der Waals surface area (Å²) in [7, 11) is 5.28. The molecule has 0 heterocycles. The summed E-state index contributed by atoms with van der Waals surface area (Å²) in [5.74, 6) is 1.84. The van der Waals surface area contributed by atoms with Gasteiger partial charge in [-0.05, 0) is 61.1 Å². The molecule has 0 radical (unpaired) electrons. The van der Waals surface area contributed by atoms with Crippen molar-refractivity contribution in [3.05, 3.63) is 64.8 Å². The van der Waals surface area contributed by atoms with E-state index in [0.717, 1.165) is 22.6 Å². The minimum atomic E-state index is -0.100. The Morgan fingerprint density at radius 3 is 1.38 bits per heavy atom. The van der Waals surface area contributed by atoms with Gasteiger partial charge in [-0.15, -0.1) is 0 Å². The topological polar surface area (TPSA) is 18.5 Å². The van der Waals surface area contributed by atoms with Crippen LogP contribution >= 0.6 is 0 Å². The number of hydrogen-bond acceptors (Lipinski definition) is 2. The minimum Gasteiger partial charge on any atom is -0.665 e. The first-order valence-electron chi connectivity index (χ1n) is 7.91. The van der Waals surface area contributed by atoms with E-state index in [2.05, 4.69) is 72.9 Å². The van der Waals surface area contributed by atoms with Crippen molar-refractivity contribution in [3.63, 3.8) is 0 Å². The third-order valence-electron chi connectivity index (χ3n) is 4.71. The van der Waals surface area contributed by atoms with Gasteiger partial charge in [0, 0.05) is 5.41 Å². The van der Waals surface area contributed by atoms with E-state index in [9.17, 15) is 0 Å². The summed E-state index contributed by atoms with van der Waals surface area (Å²) in [4.78, 5) is 0. The molecule has 2 nitrogen and oxygen atoms in total. The molecule has 0 saturated heterocycles. The molecule has 0 aliphatic carbocycles. The molecule has 0 aliphatic heterocycles. The van der Waals surface area contributed by atoms with E-state index >= 15 is 0 Å². The van der Waals surface area contributed by atoms with Crippen LogP contribution in [0.2, 0.25) is 0 Å². The van der Waals surface area contributed by atoms with Crippen LogP contribution in [-0.4, -0.2) is 7.11 Å². The molecule has 0 aromatic heterocycles. The Labute approximate surface area is 171 Å². The quantitative estimate of drug-likeness (QED) is 0.638. The fraction of sp³-hybridized carbons (Fsp3) is 0.381. The van der Waals surface area contributed by atoms with Crippen molar-refractivity contribution < 1.29 is 42.2 Å². The SMILES string of the molecule is [CH2-]Oc1c(C)cc(C(C)(C)c2cc(C)c(OC)c(C)c2)cc1C.[Y+3]. The average Bonchev–Trinajstić information content (AvgIpc) is 2.46. The number of hydrogen-bond donors (Lipinski definition) is 0. The molecule has 0 unspecified atom stereocenters. The van der Waals surface area contributed by atoms with E-state index < -0.39 is 0 Å². The number of benzene rings is 2. The molecule has 0 aliphatic rings. The monoisotopic (exact) mass is 400 g/mol. The standard InChI is InChI=1S/C21H27O2.Y/c1-13-9-17(10-14(2)19(13)22-7)21(5,6)18-11-15(3)20(23-8)16(4)12-18;/h9-12H,7H2,1-6,8H3;/q-1;+3. The van der Waals surface area contributed by atoms with Crippen molar-refractivity contribution in [1.82, 2.24) is 0 Å². The summed E-state index contributed by atoms with van der Waals surface area (Å²) in [6.45, 7) is 12.8. The Balaban J connectivity index is 0.00000288. The van der Waals surface area contributed by atoms with Crippen molar-refractivity contribution in [2.24, 2.45) is 0 Å². The Bertz CT molecular complexity index is 625.